The van der Waals surface area contributed by atoms with Gasteiger partial charge in [0.15, 0.2) is 17.3 Å². The molecule has 100 valence electrons. The molecule has 0 aliphatic rings. The SMILES string of the molecule is CCOc1cccc(C(=O)O)c1OCc1ccno1. The number of carboxylic acid groups (broad SMARTS) is 1. The second-order valence-corrected chi connectivity index (χ2v) is 3.64. The predicted molar refractivity (Wildman–Crippen MR) is 65.4 cm³/mol. The minimum absolute atomic E-state index is 0.0467. The van der Waals surface area contributed by atoms with E-state index in [1.165, 1.54) is 12.3 Å². The molecule has 0 spiro atoms. The summed E-state index contributed by atoms with van der Waals surface area (Å²) in [6, 6.07) is 6.37. The molecule has 0 bridgehead atoms. The quantitative estimate of drug-likeness (QED) is 0.861. The molecule has 1 aromatic heterocycles. The Bertz CT molecular complexity index is 550. The number of para-hydroxylation sites is 1. The molecule has 0 fully saturated rings. The van der Waals surface area contributed by atoms with E-state index in [1.807, 2.05) is 6.92 Å². The molecule has 19 heavy (non-hydrogen) atoms. The van der Waals surface area contributed by atoms with Gasteiger partial charge in [0.25, 0.3) is 0 Å². The highest BCUT2D eigenvalue weighted by atomic mass is 16.5. The molecule has 1 aromatic carbocycles. The van der Waals surface area contributed by atoms with E-state index < -0.39 is 5.97 Å². The van der Waals surface area contributed by atoms with Crippen LogP contribution in [0.2, 0.25) is 0 Å². The first-order chi connectivity index (χ1) is 9.22. The molecule has 2 rings (SSSR count). The first-order valence-electron chi connectivity index (χ1n) is 5.73. The third kappa shape index (κ3) is 3.04. The molecule has 0 aliphatic heterocycles. The number of hydrogen-bond donors (Lipinski definition) is 1. The zero-order valence-corrected chi connectivity index (χ0v) is 10.3. The molecule has 0 amide bonds. The molecule has 1 heterocycles. The molecule has 2 aromatic rings. The van der Waals surface area contributed by atoms with E-state index in [0.717, 1.165) is 0 Å². The van der Waals surface area contributed by atoms with Gasteiger partial charge >= 0.3 is 5.97 Å². The lowest BCUT2D eigenvalue weighted by Gasteiger charge is -2.13. The summed E-state index contributed by atoms with van der Waals surface area (Å²) in [5.41, 5.74) is 0.0467. The van der Waals surface area contributed by atoms with Gasteiger partial charge < -0.3 is 19.1 Å². The van der Waals surface area contributed by atoms with Gasteiger partial charge in [0.1, 0.15) is 12.2 Å². The molecule has 0 saturated carbocycles. The number of rotatable bonds is 6. The topological polar surface area (TPSA) is 81.8 Å². The van der Waals surface area contributed by atoms with Crippen molar-refractivity contribution >= 4 is 5.97 Å². The zero-order valence-electron chi connectivity index (χ0n) is 10.3. The number of aromatic carboxylic acids is 1. The molecular formula is C13H13NO5. The van der Waals surface area contributed by atoms with E-state index in [2.05, 4.69) is 5.16 Å². The smallest absolute Gasteiger partial charge is 0.339 e. The van der Waals surface area contributed by atoms with Crippen LogP contribution in [-0.2, 0) is 6.61 Å². The van der Waals surface area contributed by atoms with Crippen molar-refractivity contribution in [2.45, 2.75) is 13.5 Å². The van der Waals surface area contributed by atoms with Gasteiger partial charge in [-0.25, -0.2) is 4.79 Å². The lowest BCUT2D eigenvalue weighted by Crippen LogP contribution is -2.05. The van der Waals surface area contributed by atoms with Gasteiger partial charge in [-0.3, -0.25) is 0 Å². The van der Waals surface area contributed by atoms with Crippen molar-refractivity contribution in [3.05, 3.63) is 41.8 Å². The summed E-state index contributed by atoms with van der Waals surface area (Å²) in [6.45, 7) is 2.32. The fourth-order valence-electron chi connectivity index (χ4n) is 1.56. The minimum Gasteiger partial charge on any atom is -0.490 e. The molecule has 0 atom stereocenters. The van der Waals surface area contributed by atoms with Crippen LogP contribution in [-0.4, -0.2) is 22.8 Å². The molecule has 0 unspecified atom stereocenters. The van der Waals surface area contributed by atoms with Gasteiger partial charge in [-0.15, -0.1) is 0 Å². The maximum Gasteiger partial charge on any atom is 0.339 e. The number of carbonyl (C=O) groups is 1. The van der Waals surface area contributed by atoms with Crippen molar-refractivity contribution < 1.29 is 23.9 Å². The molecule has 6 heteroatoms. The van der Waals surface area contributed by atoms with E-state index in [9.17, 15) is 4.79 Å². The van der Waals surface area contributed by atoms with Crippen molar-refractivity contribution in [1.29, 1.82) is 0 Å². The average Bonchev–Trinajstić information content (AvgIpc) is 2.90. The lowest BCUT2D eigenvalue weighted by atomic mass is 10.2. The highest BCUT2D eigenvalue weighted by Gasteiger charge is 2.17. The second kappa shape index (κ2) is 5.90. The Labute approximate surface area is 109 Å². The van der Waals surface area contributed by atoms with Crippen LogP contribution in [0.15, 0.2) is 35.0 Å². The fraction of sp³-hybridized carbons (Fsp3) is 0.231. The summed E-state index contributed by atoms with van der Waals surface area (Å²) in [5, 5.41) is 12.7. The Balaban J connectivity index is 2.26. The van der Waals surface area contributed by atoms with Crippen LogP contribution < -0.4 is 9.47 Å². The first-order valence-corrected chi connectivity index (χ1v) is 5.73. The number of aromatic nitrogens is 1. The summed E-state index contributed by atoms with van der Waals surface area (Å²) in [5.74, 6) is 0.00642. The highest BCUT2D eigenvalue weighted by molar-refractivity contribution is 5.92. The summed E-state index contributed by atoms with van der Waals surface area (Å²) in [7, 11) is 0. The minimum atomic E-state index is -1.07. The largest absolute Gasteiger partial charge is 0.490 e. The van der Waals surface area contributed by atoms with Gasteiger partial charge in [0.05, 0.1) is 12.8 Å². The standard InChI is InChI=1S/C13H13NO5/c1-2-17-11-5-3-4-10(13(15)16)12(11)18-8-9-6-7-14-19-9/h3-7H,2,8H2,1H3,(H,15,16). The maximum atomic E-state index is 11.2. The normalized spacial score (nSPS) is 10.2. The van der Waals surface area contributed by atoms with Crippen molar-refractivity contribution in [2.24, 2.45) is 0 Å². The number of hydrogen-bond acceptors (Lipinski definition) is 5. The zero-order chi connectivity index (χ0) is 13.7. The number of ether oxygens (including phenoxy) is 2. The van der Waals surface area contributed by atoms with Crippen LogP contribution in [0.5, 0.6) is 11.5 Å². The van der Waals surface area contributed by atoms with Crippen molar-refractivity contribution in [3.8, 4) is 11.5 Å². The van der Waals surface area contributed by atoms with Crippen LogP contribution >= 0.6 is 0 Å². The molecular weight excluding hydrogens is 250 g/mol. The first kappa shape index (κ1) is 12.9. The summed E-state index contributed by atoms with van der Waals surface area (Å²) in [6.07, 6.45) is 1.49. The van der Waals surface area contributed by atoms with Crippen molar-refractivity contribution in [3.63, 3.8) is 0 Å². The van der Waals surface area contributed by atoms with Gasteiger partial charge in [-0.05, 0) is 19.1 Å². The lowest BCUT2D eigenvalue weighted by molar-refractivity contribution is 0.0690. The average molecular weight is 263 g/mol. The number of benzene rings is 1. The third-order valence-electron chi connectivity index (χ3n) is 2.36. The Morgan fingerprint density at radius 2 is 2.21 bits per heavy atom. The summed E-state index contributed by atoms with van der Waals surface area (Å²) >= 11 is 0. The Hall–Kier alpha value is -2.50. The van der Waals surface area contributed by atoms with Crippen LogP contribution in [0.25, 0.3) is 0 Å². The van der Waals surface area contributed by atoms with Crippen molar-refractivity contribution in [1.82, 2.24) is 5.16 Å². The highest BCUT2D eigenvalue weighted by Crippen LogP contribution is 2.32. The summed E-state index contributed by atoms with van der Waals surface area (Å²) < 4.78 is 15.7. The van der Waals surface area contributed by atoms with Gasteiger partial charge in [-0.1, -0.05) is 11.2 Å². The molecule has 0 radical (unpaired) electrons. The fourth-order valence-corrected chi connectivity index (χ4v) is 1.56. The third-order valence-corrected chi connectivity index (χ3v) is 2.36. The van der Waals surface area contributed by atoms with Crippen molar-refractivity contribution in [2.75, 3.05) is 6.61 Å². The van der Waals surface area contributed by atoms with Gasteiger partial charge in [0.2, 0.25) is 0 Å². The Morgan fingerprint density at radius 3 is 2.84 bits per heavy atom. The monoisotopic (exact) mass is 263 g/mol. The van der Waals surface area contributed by atoms with E-state index in [-0.39, 0.29) is 17.9 Å². The molecule has 6 nitrogen and oxygen atoms in total. The molecule has 1 N–H and O–H groups in total. The van der Waals surface area contributed by atoms with E-state index in [4.69, 9.17) is 19.1 Å². The maximum absolute atomic E-state index is 11.2. The number of carboxylic acids is 1. The predicted octanol–water partition coefficient (Wildman–Crippen LogP) is 2.35. The van der Waals surface area contributed by atoms with Crippen LogP contribution in [0.4, 0.5) is 0 Å². The van der Waals surface area contributed by atoms with Crippen LogP contribution in [0, 0.1) is 0 Å². The van der Waals surface area contributed by atoms with E-state index in [1.54, 1.807) is 18.2 Å². The van der Waals surface area contributed by atoms with E-state index >= 15 is 0 Å². The van der Waals surface area contributed by atoms with Crippen LogP contribution in [0.3, 0.4) is 0 Å². The summed E-state index contributed by atoms with van der Waals surface area (Å²) in [4.78, 5) is 11.2. The Morgan fingerprint density at radius 1 is 1.37 bits per heavy atom. The van der Waals surface area contributed by atoms with Gasteiger partial charge in [0, 0.05) is 6.07 Å². The van der Waals surface area contributed by atoms with Gasteiger partial charge in [-0.2, -0.15) is 0 Å². The van der Waals surface area contributed by atoms with Crippen LogP contribution in [0.1, 0.15) is 23.0 Å². The molecule has 0 saturated heterocycles. The second-order valence-electron chi connectivity index (χ2n) is 3.64. The molecule has 0 aliphatic carbocycles. The number of nitrogens with zero attached hydrogens (tertiary/aromatic N) is 1. The Kier molecular flexibility index (Phi) is 4.02. The van der Waals surface area contributed by atoms with E-state index in [0.29, 0.717) is 18.1 Å².